The van der Waals surface area contributed by atoms with Gasteiger partial charge in [-0.15, -0.1) is 0 Å². The Hall–Kier alpha value is -2.38. The first-order valence-electron chi connectivity index (χ1n) is 11.2. The number of piperidine rings is 1. The Bertz CT molecular complexity index is 942. The smallest absolute Gasteiger partial charge is 0.236 e. The molecule has 0 saturated carbocycles. The molecule has 7 heteroatoms. The van der Waals surface area contributed by atoms with Crippen LogP contribution >= 0.6 is 0 Å². The van der Waals surface area contributed by atoms with E-state index in [1.807, 2.05) is 11.8 Å². The molecule has 0 aliphatic carbocycles. The van der Waals surface area contributed by atoms with E-state index in [-0.39, 0.29) is 35.9 Å². The Morgan fingerprint density at radius 2 is 1.78 bits per heavy atom. The molecule has 2 heterocycles. The molecule has 172 valence electrons. The van der Waals surface area contributed by atoms with Crippen LogP contribution in [0.4, 0.5) is 13.2 Å². The summed E-state index contributed by atoms with van der Waals surface area (Å²) >= 11 is 0. The van der Waals surface area contributed by atoms with Gasteiger partial charge in [0.15, 0.2) is 0 Å². The average molecular weight is 447 g/mol. The summed E-state index contributed by atoms with van der Waals surface area (Å²) in [5.74, 6) is -1.73. The van der Waals surface area contributed by atoms with E-state index in [0.717, 1.165) is 37.1 Å². The summed E-state index contributed by atoms with van der Waals surface area (Å²) in [6.07, 6.45) is 2.44. The number of hydrogen-bond acceptors (Lipinski definition) is 3. The van der Waals surface area contributed by atoms with Crippen LogP contribution in [-0.4, -0.2) is 54.5 Å². The zero-order chi connectivity index (χ0) is 22.7. The van der Waals surface area contributed by atoms with Crippen LogP contribution in [0.5, 0.6) is 0 Å². The zero-order valence-corrected chi connectivity index (χ0v) is 18.3. The molecule has 0 N–H and O–H groups in total. The number of hydrogen-bond donors (Lipinski definition) is 0. The number of rotatable bonds is 6. The largest absolute Gasteiger partial charge is 0.373 e. The average Bonchev–Trinajstić information content (AvgIpc) is 3.26. The molecule has 2 aliphatic rings. The van der Waals surface area contributed by atoms with E-state index >= 15 is 0 Å². The number of ether oxygens (including phenoxy) is 1. The highest BCUT2D eigenvalue weighted by atomic mass is 19.1. The molecule has 2 saturated heterocycles. The Kier molecular flexibility index (Phi) is 7.16. The van der Waals surface area contributed by atoms with Crippen LogP contribution in [-0.2, 0) is 16.1 Å². The molecule has 4 nitrogen and oxygen atoms in total. The van der Waals surface area contributed by atoms with Crippen molar-refractivity contribution in [3.8, 4) is 0 Å². The second-order valence-corrected chi connectivity index (χ2v) is 8.77. The summed E-state index contributed by atoms with van der Waals surface area (Å²) in [5, 5.41) is 0. The SMILES string of the molecule is Cc1cc(F)ccc1C1CN(C(=O)CN2CCCC2)CCC1OCc1c(F)cccc1F. The Balaban J connectivity index is 1.52. The predicted molar refractivity (Wildman–Crippen MR) is 116 cm³/mol. The van der Waals surface area contributed by atoms with Gasteiger partial charge in [0, 0.05) is 24.6 Å². The highest BCUT2D eigenvalue weighted by molar-refractivity contribution is 5.78. The van der Waals surface area contributed by atoms with Crippen LogP contribution in [0.3, 0.4) is 0 Å². The highest BCUT2D eigenvalue weighted by Crippen LogP contribution is 2.33. The Morgan fingerprint density at radius 1 is 1.06 bits per heavy atom. The van der Waals surface area contributed by atoms with Gasteiger partial charge in [-0.3, -0.25) is 9.69 Å². The number of amides is 1. The summed E-state index contributed by atoms with van der Waals surface area (Å²) in [7, 11) is 0. The normalized spacial score (nSPS) is 21.8. The van der Waals surface area contributed by atoms with Crippen molar-refractivity contribution in [1.29, 1.82) is 0 Å². The van der Waals surface area contributed by atoms with Crippen LogP contribution < -0.4 is 0 Å². The van der Waals surface area contributed by atoms with E-state index in [1.165, 1.54) is 30.3 Å². The van der Waals surface area contributed by atoms with E-state index < -0.39 is 11.6 Å². The zero-order valence-electron chi connectivity index (χ0n) is 18.3. The minimum Gasteiger partial charge on any atom is -0.373 e. The molecular weight excluding hydrogens is 417 g/mol. The number of nitrogens with zero attached hydrogens (tertiary/aromatic N) is 2. The fraction of sp³-hybridized carbons (Fsp3) is 0.480. The molecule has 0 radical (unpaired) electrons. The number of carbonyl (C=O) groups is 1. The monoisotopic (exact) mass is 446 g/mol. The first-order chi connectivity index (χ1) is 15.4. The lowest BCUT2D eigenvalue weighted by Gasteiger charge is -2.40. The lowest BCUT2D eigenvalue weighted by molar-refractivity contribution is -0.135. The third-order valence-corrected chi connectivity index (χ3v) is 6.59. The van der Waals surface area contributed by atoms with Crippen molar-refractivity contribution in [3.63, 3.8) is 0 Å². The summed E-state index contributed by atoms with van der Waals surface area (Å²) in [4.78, 5) is 16.9. The Morgan fingerprint density at radius 3 is 2.47 bits per heavy atom. The van der Waals surface area contributed by atoms with Crippen molar-refractivity contribution in [2.75, 3.05) is 32.7 Å². The molecule has 2 fully saturated rings. The molecular formula is C25H29F3N2O2. The van der Waals surface area contributed by atoms with E-state index in [1.54, 1.807) is 6.07 Å². The maximum Gasteiger partial charge on any atom is 0.236 e. The van der Waals surface area contributed by atoms with Crippen LogP contribution in [0.1, 0.15) is 41.9 Å². The first kappa shape index (κ1) is 22.8. The molecule has 2 aliphatic heterocycles. The van der Waals surface area contributed by atoms with Crippen LogP contribution in [0, 0.1) is 24.4 Å². The van der Waals surface area contributed by atoms with E-state index in [9.17, 15) is 18.0 Å². The summed E-state index contributed by atoms with van der Waals surface area (Å²) in [6.45, 7) is 4.89. The lowest BCUT2D eigenvalue weighted by atomic mass is 9.85. The van der Waals surface area contributed by atoms with E-state index in [4.69, 9.17) is 4.74 Å². The molecule has 32 heavy (non-hydrogen) atoms. The van der Waals surface area contributed by atoms with Gasteiger partial charge in [0.05, 0.1) is 19.3 Å². The van der Waals surface area contributed by atoms with Crippen molar-refractivity contribution in [1.82, 2.24) is 9.80 Å². The van der Waals surface area contributed by atoms with Crippen LogP contribution in [0.15, 0.2) is 36.4 Å². The molecule has 2 aromatic carbocycles. The molecule has 2 unspecified atom stereocenters. The quantitative estimate of drug-likeness (QED) is 0.659. The second-order valence-electron chi connectivity index (χ2n) is 8.77. The number of aryl methyl sites for hydroxylation is 1. The van der Waals surface area contributed by atoms with Gasteiger partial charge in [-0.1, -0.05) is 12.1 Å². The van der Waals surface area contributed by atoms with Crippen molar-refractivity contribution in [2.45, 2.75) is 44.8 Å². The fourth-order valence-corrected chi connectivity index (χ4v) is 4.80. The number of carbonyl (C=O) groups excluding carboxylic acids is 1. The van der Waals surface area contributed by atoms with Crippen molar-refractivity contribution in [2.24, 2.45) is 0 Å². The molecule has 2 aromatic rings. The standard InChI is InChI=1S/C25H29F3N2O2/c1-17-13-18(26)7-8-19(17)20-14-30(25(31)15-29-10-2-3-11-29)12-9-24(20)32-16-21-22(27)5-4-6-23(21)28/h4-8,13,20,24H,2-3,9-12,14-16H2,1H3. The van der Waals surface area contributed by atoms with Gasteiger partial charge in [-0.2, -0.15) is 0 Å². The fourth-order valence-electron chi connectivity index (χ4n) is 4.80. The third-order valence-electron chi connectivity index (χ3n) is 6.59. The molecule has 0 bridgehead atoms. The van der Waals surface area contributed by atoms with Crippen molar-refractivity contribution in [3.05, 3.63) is 70.5 Å². The molecule has 4 rings (SSSR count). The second kappa shape index (κ2) is 10.0. The first-order valence-corrected chi connectivity index (χ1v) is 11.2. The summed E-state index contributed by atoms with van der Waals surface area (Å²) < 4.78 is 47.9. The van der Waals surface area contributed by atoms with Crippen LogP contribution in [0.2, 0.25) is 0 Å². The predicted octanol–water partition coefficient (Wildman–Crippen LogP) is 4.41. The third kappa shape index (κ3) is 5.15. The number of likely N-dealkylation sites (tertiary alicyclic amines) is 2. The summed E-state index contributed by atoms with van der Waals surface area (Å²) in [6, 6.07) is 8.34. The molecule has 0 aromatic heterocycles. The van der Waals surface area contributed by atoms with Gasteiger partial charge < -0.3 is 9.64 Å². The van der Waals surface area contributed by atoms with Gasteiger partial charge in [0.2, 0.25) is 5.91 Å². The maximum absolute atomic E-state index is 14.1. The minimum absolute atomic E-state index is 0.0789. The highest BCUT2D eigenvalue weighted by Gasteiger charge is 2.35. The van der Waals surface area contributed by atoms with E-state index in [2.05, 4.69) is 4.90 Å². The molecule has 2 atom stereocenters. The van der Waals surface area contributed by atoms with Gasteiger partial charge in [0.25, 0.3) is 0 Å². The number of benzene rings is 2. The van der Waals surface area contributed by atoms with Gasteiger partial charge in [-0.05, 0) is 74.7 Å². The van der Waals surface area contributed by atoms with Gasteiger partial charge in [0.1, 0.15) is 17.5 Å². The van der Waals surface area contributed by atoms with Crippen molar-refractivity contribution < 1.29 is 22.7 Å². The topological polar surface area (TPSA) is 32.8 Å². The van der Waals surface area contributed by atoms with Crippen molar-refractivity contribution >= 4 is 5.91 Å². The molecule has 0 spiro atoms. The lowest BCUT2D eigenvalue weighted by Crippen LogP contribution is -2.48. The summed E-state index contributed by atoms with van der Waals surface area (Å²) in [5.41, 5.74) is 1.56. The van der Waals surface area contributed by atoms with Crippen LogP contribution in [0.25, 0.3) is 0 Å². The maximum atomic E-state index is 14.1. The van der Waals surface area contributed by atoms with E-state index in [0.29, 0.717) is 26.1 Å². The van der Waals surface area contributed by atoms with Gasteiger partial charge >= 0.3 is 0 Å². The minimum atomic E-state index is -0.641. The number of halogens is 3. The molecule has 1 amide bonds. The van der Waals surface area contributed by atoms with Gasteiger partial charge in [-0.25, -0.2) is 13.2 Å². The Labute approximate surface area is 187 Å².